The molecule has 0 aliphatic heterocycles. The summed E-state index contributed by atoms with van der Waals surface area (Å²) in [5.74, 6) is -1.98. The fourth-order valence-electron chi connectivity index (χ4n) is 2.94. The van der Waals surface area contributed by atoms with Gasteiger partial charge in [0, 0.05) is 0 Å². The van der Waals surface area contributed by atoms with Gasteiger partial charge in [-0.3, -0.25) is 9.59 Å². The van der Waals surface area contributed by atoms with Crippen molar-refractivity contribution in [2.24, 2.45) is 10.8 Å². The van der Waals surface area contributed by atoms with E-state index in [-0.39, 0.29) is 10.5 Å². The van der Waals surface area contributed by atoms with Gasteiger partial charge in [0.05, 0.1) is 27.0 Å². The van der Waals surface area contributed by atoms with Gasteiger partial charge in [-0.15, -0.1) is 0 Å². The third-order valence-electron chi connectivity index (χ3n) is 5.21. The number of nitrogens with zero attached hydrogens (tertiary/aromatic N) is 1. The van der Waals surface area contributed by atoms with Crippen LogP contribution in [0.15, 0.2) is 47.4 Å². The van der Waals surface area contributed by atoms with E-state index in [2.05, 4.69) is 0 Å². The third kappa shape index (κ3) is 7.79. The maximum Gasteiger partial charge on any atom is 0.341 e. The molecular weight excluding hydrogens is 498 g/mol. The Morgan fingerprint density at radius 3 is 2.00 bits per heavy atom. The van der Waals surface area contributed by atoms with Crippen LogP contribution in [0.3, 0.4) is 0 Å². The van der Waals surface area contributed by atoms with Gasteiger partial charge in [0.15, 0.2) is 6.73 Å². The molecule has 0 N–H and O–H groups in total. The van der Waals surface area contributed by atoms with E-state index in [0.29, 0.717) is 11.3 Å². The van der Waals surface area contributed by atoms with Gasteiger partial charge in [0.2, 0.25) is 6.79 Å². The van der Waals surface area contributed by atoms with Crippen LogP contribution in [0, 0.1) is 24.7 Å². The lowest BCUT2D eigenvalue weighted by atomic mass is 9.97. The predicted molar refractivity (Wildman–Crippen MR) is 138 cm³/mol. The highest BCUT2D eigenvalue weighted by Crippen LogP contribution is 2.29. The molecular formula is C27H35NO8S. The summed E-state index contributed by atoms with van der Waals surface area (Å²) in [6, 6.07) is 10.6. The van der Waals surface area contributed by atoms with E-state index in [4.69, 9.17) is 14.2 Å². The summed E-state index contributed by atoms with van der Waals surface area (Å²) < 4.78 is 43.8. The monoisotopic (exact) mass is 533 g/mol. The highest BCUT2D eigenvalue weighted by molar-refractivity contribution is 7.92. The number of esters is 3. The van der Waals surface area contributed by atoms with E-state index in [1.54, 1.807) is 60.6 Å². The first-order valence-corrected chi connectivity index (χ1v) is 13.1. The molecule has 10 heteroatoms. The van der Waals surface area contributed by atoms with Crippen LogP contribution in [0.5, 0.6) is 0 Å². The number of hydrogen-bond acceptors (Lipinski definition) is 8. The fourth-order valence-corrected chi connectivity index (χ4v) is 4.37. The molecule has 0 saturated carbocycles. The van der Waals surface area contributed by atoms with E-state index in [1.807, 2.05) is 13.0 Å². The average molecular weight is 534 g/mol. The molecule has 0 saturated heterocycles. The van der Waals surface area contributed by atoms with Gasteiger partial charge >= 0.3 is 17.9 Å². The minimum atomic E-state index is -4.28. The van der Waals surface area contributed by atoms with Crippen molar-refractivity contribution in [3.05, 3.63) is 59.2 Å². The summed E-state index contributed by atoms with van der Waals surface area (Å²) >= 11 is 0. The van der Waals surface area contributed by atoms with Crippen LogP contribution < -0.4 is 4.31 Å². The normalized spacial score (nSPS) is 12.0. The van der Waals surface area contributed by atoms with Crippen LogP contribution in [0.25, 0.3) is 0 Å². The van der Waals surface area contributed by atoms with E-state index in [0.717, 1.165) is 15.9 Å². The number of ether oxygens (including phenoxy) is 3. The second kappa shape index (κ2) is 11.3. The number of anilines is 1. The second-order valence-electron chi connectivity index (χ2n) is 10.7. The summed E-state index contributed by atoms with van der Waals surface area (Å²) in [5.41, 5.74) is 0.136. The molecule has 0 heterocycles. The largest absolute Gasteiger partial charge is 0.443 e. The summed E-state index contributed by atoms with van der Waals surface area (Å²) in [4.78, 5) is 36.6. The molecule has 202 valence electrons. The van der Waals surface area contributed by atoms with E-state index in [1.165, 1.54) is 18.2 Å². The zero-order valence-electron chi connectivity index (χ0n) is 22.6. The van der Waals surface area contributed by atoms with Crippen molar-refractivity contribution >= 4 is 33.6 Å². The van der Waals surface area contributed by atoms with Crippen molar-refractivity contribution in [2.45, 2.75) is 60.3 Å². The highest BCUT2D eigenvalue weighted by Gasteiger charge is 2.31. The van der Waals surface area contributed by atoms with Gasteiger partial charge in [-0.25, -0.2) is 17.5 Å². The Hall–Kier alpha value is -3.40. The fraction of sp³-hybridized carbons (Fsp3) is 0.444. The number of aryl methyl sites for hydroxylation is 2. The van der Waals surface area contributed by atoms with Crippen LogP contribution in [0.4, 0.5) is 5.69 Å². The molecule has 0 aromatic heterocycles. The smallest absolute Gasteiger partial charge is 0.341 e. The summed E-state index contributed by atoms with van der Waals surface area (Å²) in [6.07, 6.45) is 0. The molecule has 0 amide bonds. The summed E-state index contributed by atoms with van der Waals surface area (Å²) in [7, 11) is -4.28. The molecule has 0 radical (unpaired) electrons. The SMILES string of the molecule is Cc1ccc(C)c(N(COC(=O)C(C)(C)C)S(=O)(=O)c2cccc(C(=O)OCOC(=O)C(C)(C)C)c2)c1. The minimum Gasteiger partial charge on any atom is -0.443 e. The van der Waals surface area contributed by atoms with Crippen LogP contribution in [-0.2, 0) is 33.8 Å². The lowest BCUT2D eigenvalue weighted by molar-refractivity contribution is -0.161. The Balaban J connectivity index is 2.37. The average Bonchev–Trinajstić information content (AvgIpc) is 2.79. The molecule has 37 heavy (non-hydrogen) atoms. The molecule has 0 aliphatic rings. The topological polar surface area (TPSA) is 116 Å². The number of sulfonamides is 1. The van der Waals surface area contributed by atoms with Crippen molar-refractivity contribution in [1.82, 2.24) is 0 Å². The quantitative estimate of drug-likeness (QED) is 0.353. The van der Waals surface area contributed by atoms with Gasteiger partial charge in [0.1, 0.15) is 0 Å². The maximum absolute atomic E-state index is 13.8. The van der Waals surface area contributed by atoms with Crippen LogP contribution >= 0.6 is 0 Å². The first-order chi connectivity index (χ1) is 16.9. The van der Waals surface area contributed by atoms with Gasteiger partial charge in [-0.1, -0.05) is 18.2 Å². The van der Waals surface area contributed by atoms with Gasteiger partial charge in [-0.05, 0) is 90.8 Å². The molecule has 2 rings (SSSR count). The Morgan fingerprint density at radius 1 is 0.811 bits per heavy atom. The van der Waals surface area contributed by atoms with Crippen molar-refractivity contribution in [1.29, 1.82) is 0 Å². The van der Waals surface area contributed by atoms with Crippen LogP contribution in [0.2, 0.25) is 0 Å². The van der Waals surface area contributed by atoms with Gasteiger partial charge in [-0.2, -0.15) is 0 Å². The number of rotatable bonds is 8. The molecule has 2 aromatic rings. The molecule has 9 nitrogen and oxygen atoms in total. The molecule has 0 bridgehead atoms. The number of hydrogen-bond donors (Lipinski definition) is 0. The van der Waals surface area contributed by atoms with Gasteiger partial charge in [0.25, 0.3) is 10.0 Å². The first-order valence-electron chi connectivity index (χ1n) is 11.7. The van der Waals surface area contributed by atoms with E-state index in [9.17, 15) is 22.8 Å². The summed E-state index contributed by atoms with van der Waals surface area (Å²) in [6.45, 7) is 12.4. The Labute approximate surface area is 218 Å². The Morgan fingerprint density at radius 2 is 1.41 bits per heavy atom. The Kier molecular flexibility index (Phi) is 9.13. The van der Waals surface area contributed by atoms with E-state index >= 15 is 0 Å². The number of carbonyl (C=O) groups excluding carboxylic acids is 3. The van der Waals surface area contributed by atoms with Crippen molar-refractivity contribution in [3.8, 4) is 0 Å². The third-order valence-corrected chi connectivity index (χ3v) is 6.94. The molecule has 0 unspecified atom stereocenters. The predicted octanol–water partition coefficient (Wildman–Crippen LogP) is 4.75. The van der Waals surface area contributed by atoms with Gasteiger partial charge < -0.3 is 14.2 Å². The molecule has 0 aliphatic carbocycles. The lowest BCUT2D eigenvalue weighted by Gasteiger charge is -2.27. The highest BCUT2D eigenvalue weighted by atomic mass is 32.2. The summed E-state index contributed by atoms with van der Waals surface area (Å²) in [5, 5.41) is 0. The second-order valence-corrected chi connectivity index (χ2v) is 12.6. The lowest BCUT2D eigenvalue weighted by Crippen LogP contribution is -2.37. The first kappa shape index (κ1) is 29.8. The number of carbonyl (C=O) groups is 3. The maximum atomic E-state index is 13.8. The zero-order valence-corrected chi connectivity index (χ0v) is 23.4. The standard InChI is InChI=1S/C27H35NO8S/c1-18-12-13-19(2)22(14-18)28(16-34-24(30)26(3,4)5)37(32,33)21-11-9-10-20(15-21)23(29)35-17-36-25(31)27(6,7)8/h9-15H,16-17H2,1-8H3. The van der Waals surface area contributed by atoms with Crippen molar-refractivity contribution in [3.63, 3.8) is 0 Å². The zero-order chi connectivity index (χ0) is 28.2. The number of benzene rings is 2. The van der Waals surface area contributed by atoms with Crippen LogP contribution in [-0.4, -0.2) is 39.8 Å². The minimum absolute atomic E-state index is 0.0551. The van der Waals surface area contributed by atoms with E-state index < -0.39 is 52.3 Å². The Bertz CT molecular complexity index is 1270. The van der Waals surface area contributed by atoms with Crippen molar-refractivity contribution < 1.29 is 37.0 Å². The van der Waals surface area contributed by atoms with Crippen LogP contribution in [0.1, 0.15) is 63.0 Å². The molecule has 0 spiro atoms. The molecule has 0 fully saturated rings. The molecule has 2 aromatic carbocycles. The molecule has 0 atom stereocenters. The van der Waals surface area contributed by atoms with Crippen molar-refractivity contribution in [2.75, 3.05) is 17.8 Å².